The lowest BCUT2D eigenvalue weighted by Gasteiger charge is -2.33. The maximum Gasteiger partial charge on any atom is 0.416 e. The van der Waals surface area contributed by atoms with E-state index in [9.17, 15) is 18.0 Å². The van der Waals surface area contributed by atoms with Crippen LogP contribution in [0.4, 0.5) is 13.2 Å². The second-order valence-electron chi connectivity index (χ2n) is 7.43. The molecule has 5 nitrogen and oxygen atoms in total. The second-order valence-corrected chi connectivity index (χ2v) is 7.43. The van der Waals surface area contributed by atoms with E-state index in [1.54, 1.807) is 21.7 Å². The lowest BCUT2D eigenvalue weighted by atomic mass is 9.86. The molecule has 1 aliphatic heterocycles. The van der Waals surface area contributed by atoms with Crippen molar-refractivity contribution in [1.82, 2.24) is 20.0 Å². The molecule has 0 aliphatic carbocycles. The van der Waals surface area contributed by atoms with Crippen molar-refractivity contribution in [2.24, 2.45) is 7.05 Å². The lowest BCUT2D eigenvalue weighted by Crippen LogP contribution is -2.39. The van der Waals surface area contributed by atoms with E-state index in [-0.39, 0.29) is 11.8 Å². The van der Waals surface area contributed by atoms with E-state index >= 15 is 0 Å². The van der Waals surface area contributed by atoms with Crippen molar-refractivity contribution in [2.75, 3.05) is 20.1 Å². The van der Waals surface area contributed by atoms with Crippen LogP contribution in [0.2, 0.25) is 0 Å². The van der Waals surface area contributed by atoms with E-state index in [1.807, 2.05) is 21.0 Å². The van der Waals surface area contributed by atoms with Crippen molar-refractivity contribution < 1.29 is 18.0 Å². The highest BCUT2D eigenvalue weighted by atomic mass is 19.4. The third kappa shape index (κ3) is 4.32. The molecule has 1 amide bonds. The summed E-state index contributed by atoms with van der Waals surface area (Å²) in [6.07, 6.45) is -2.58. The minimum absolute atomic E-state index is 0.145. The van der Waals surface area contributed by atoms with Crippen LogP contribution < -0.4 is 5.32 Å². The third-order valence-corrected chi connectivity index (χ3v) is 5.65. The Bertz CT molecular complexity index is 867. The maximum absolute atomic E-state index is 13.3. The Morgan fingerprint density at radius 2 is 1.90 bits per heavy atom. The van der Waals surface area contributed by atoms with Crippen LogP contribution >= 0.6 is 0 Å². The van der Waals surface area contributed by atoms with Gasteiger partial charge >= 0.3 is 6.18 Å². The fraction of sp³-hybridized carbons (Fsp3) is 0.524. The molecule has 1 fully saturated rings. The molecule has 0 atom stereocenters. The molecule has 2 heterocycles. The van der Waals surface area contributed by atoms with Gasteiger partial charge in [-0.15, -0.1) is 0 Å². The number of aromatic nitrogens is 2. The Hall–Kier alpha value is -2.35. The van der Waals surface area contributed by atoms with Crippen molar-refractivity contribution in [1.29, 1.82) is 0 Å². The lowest BCUT2D eigenvalue weighted by molar-refractivity contribution is -0.138. The number of aryl methyl sites for hydroxylation is 1. The monoisotopic (exact) mass is 408 g/mol. The number of alkyl halides is 3. The topological polar surface area (TPSA) is 50.2 Å². The van der Waals surface area contributed by atoms with E-state index < -0.39 is 11.7 Å². The highest BCUT2D eigenvalue weighted by Crippen LogP contribution is 2.38. The molecule has 158 valence electrons. The molecule has 0 spiro atoms. The molecule has 1 saturated heterocycles. The number of halogens is 3. The molecule has 3 rings (SSSR count). The van der Waals surface area contributed by atoms with E-state index in [0.29, 0.717) is 43.7 Å². The van der Waals surface area contributed by atoms with E-state index in [2.05, 4.69) is 10.4 Å². The van der Waals surface area contributed by atoms with Crippen LogP contribution in [0.15, 0.2) is 24.3 Å². The third-order valence-electron chi connectivity index (χ3n) is 5.65. The summed E-state index contributed by atoms with van der Waals surface area (Å²) in [7, 11) is 3.65. The highest BCUT2D eigenvalue weighted by Gasteiger charge is 2.36. The zero-order chi connectivity index (χ0) is 21.2. The number of carbonyl (C=O) groups excluding carboxylic acids is 1. The summed E-state index contributed by atoms with van der Waals surface area (Å²) in [5.41, 5.74) is 2.10. The van der Waals surface area contributed by atoms with Crippen LogP contribution in [-0.4, -0.2) is 40.7 Å². The van der Waals surface area contributed by atoms with Gasteiger partial charge in [0.15, 0.2) is 5.69 Å². The normalized spacial score (nSPS) is 15.7. The number of rotatable bonds is 5. The summed E-state index contributed by atoms with van der Waals surface area (Å²) in [4.78, 5) is 14.8. The summed E-state index contributed by atoms with van der Waals surface area (Å²) < 4.78 is 41.8. The van der Waals surface area contributed by atoms with Crippen LogP contribution in [0.5, 0.6) is 0 Å². The minimum atomic E-state index is -4.36. The number of benzene rings is 1. The first-order chi connectivity index (χ1) is 13.8. The number of amides is 1. The Morgan fingerprint density at radius 1 is 1.24 bits per heavy atom. The number of nitrogens with zero attached hydrogens (tertiary/aromatic N) is 3. The number of carbonyl (C=O) groups is 1. The van der Waals surface area contributed by atoms with Gasteiger partial charge in [0.1, 0.15) is 0 Å². The van der Waals surface area contributed by atoms with Gasteiger partial charge in [-0.2, -0.15) is 18.3 Å². The summed E-state index contributed by atoms with van der Waals surface area (Å²) >= 11 is 0. The van der Waals surface area contributed by atoms with Crippen LogP contribution in [0, 0.1) is 0 Å². The standard InChI is InChI=1S/C21H27F3N4O/c1-4-18-16(13-25-2)19(26-27(18)3)20(29)28-11-9-14(10-12-28)15-7-5-6-8-17(15)21(22,23)24/h5-8,14,25H,4,9-13H2,1-3H3. The number of piperidine rings is 1. The molecule has 8 heteroatoms. The molecule has 0 saturated carbocycles. The average Bonchev–Trinajstić information content (AvgIpc) is 3.02. The van der Waals surface area contributed by atoms with Crippen molar-refractivity contribution in [3.05, 3.63) is 52.3 Å². The Kier molecular flexibility index (Phi) is 6.31. The molecule has 1 aliphatic rings. The highest BCUT2D eigenvalue weighted by molar-refractivity contribution is 5.94. The van der Waals surface area contributed by atoms with Gasteiger partial charge in [0.05, 0.1) is 5.56 Å². The van der Waals surface area contributed by atoms with Crippen molar-refractivity contribution in [3.8, 4) is 0 Å². The smallest absolute Gasteiger partial charge is 0.337 e. The van der Waals surface area contributed by atoms with E-state index in [1.165, 1.54) is 6.07 Å². The van der Waals surface area contributed by atoms with Crippen molar-refractivity contribution >= 4 is 5.91 Å². The van der Waals surface area contributed by atoms with Crippen LogP contribution in [0.3, 0.4) is 0 Å². The molecule has 0 unspecified atom stereocenters. The van der Waals surface area contributed by atoms with Gasteiger partial charge in [0.2, 0.25) is 0 Å². The van der Waals surface area contributed by atoms with Gasteiger partial charge in [0.25, 0.3) is 5.91 Å². The van der Waals surface area contributed by atoms with Gasteiger partial charge in [-0.1, -0.05) is 25.1 Å². The minimum Gasteiger partial charge on any atom is -0.337 e. The molecule has 0 radical (unpaired) electrons. The van der Waals surface area contributed by atoms with E-state index in [4.69, 9.17) is 0 Å². The molecule has 0 bridgehead atoms. The number of hydrogen-bond acceptors (Lipinski definition) is 3. The Morgan fingerprint density at radius 3 is 2.48 bits per heavy atom. The first-order valence-corrected chi connectivity index (χ1v) is 9.92. The maximum atomic E-state index is 13.3. The van der Waals surface area contributed by atoms with E-state index in [0.717, 1.165) is 23.7 Å². The first-order valence-electron chi connectivity index (χ1n) is 9.92. The largest absolute Gasteiger partial charge is 0.416 e. The van der Waals surface area contributed by atoms with Crippen LogP contribution in [0.25, 0.3) is 0 Å². The average molecular weight is 408 g/mol. The molecule has 1 aromatic heterocycles. The number of nitrogens with one attached hydrogen (secondary N) is 1. The Balaban J connectivity index is 1.76. The molecular weight excluding hydrogens is 381 g/mol. The fourth-order valence-corrected chi connectivity index (χ4v) is 4.23. The van der Waals surface area contributed by atoms with Crippen molar-refractivity contribution in [3.63, 3.8) is 0 Å². The van der Waals surface area contributed by atoms with Gasteiger partial charge in [-0.25, -0.2) is 0 Å². The Labute approximate surface area is 168 Å². The molecule has 29 heavy (non-hydrogen) atoms. The SMILES string of the molecule is CCc1c(CNC)c(C(=O)N2CCC(c3ccccc3C(F)(F)F)CC2)nn1C. The fourth-order valence-electron chi connectivity index (χ4n) is 4.23. The quantitative estimate of drug-likeness (QED) is 0.820. The second kappa shape index (κ2) is 8.57. The summed E-state index contributed by atoms with van der Waals surface area (Å²) in [5, 5.41) is 7.52. The summed E-state index contributed by atoms with van der Waals surface area (Å²) in [6.45, 7) is 3.42. The zero-order valence-electron chi connectivity index (χ0n) is 17.0. The number of likely N-dealkylation sites (tertiary alicyclic amines) is 1. The van der Waals surface area contributed by atoms with Crippen LogP contribution in [0.1, 0.15) is 58.6 Å². The van der Waals surface area contributed by atoms with Crippen molar-refractivity contribution in [2.45, 2.75) is 44.8 Å². The summed E-state index contributed by atoms with van der Waals surface area (Å²) in [6, 6.07) is 5.76. The number of hydrogen-bond donors (Lipinski definition) is 1. The molecule has 1 aromatic carbocycles. The van der Waals surface area contributed by atoms with Gasteiger partial charge in [-0.3, -0.25) is 9.48 Å². The van der Waals surface area contributed by atoms with Gasteiger partial charge in [-0.05, 0) is 43.9 Å². The first kappa shape index (κ1) is 21.4. The predicted molar refractivity (Wildman–Crippen MR) is 105 cm³/mol. The molecular formula is C21H27F3N4O. The molecule has 1 N–H and O–H groups in total. The van der Waals surface area contributed by atoms with Crippen LogP contribution in [-0.2, 0) is 26.2 Å². The predicted octanol–water partition coefficient (Wildman–Crippen LogP) is 3.74. The molecule has 2 aromatic rings. The summed E-state index contributed by atoms with van der Waals surface area (Å²) in [5.74, 6) is -0.350. The van der Waals surface area contributed by atoms with Gasteiger partial charge < -0.3 is 10.2 Å². The van der Waals surface area contributed by atoms with Gasteiger partial charge in [0, 0.05) is 37.9 Å². The zero-order valence-corrected chi connectivity index (χ0v) is 17.0.